The molecule has 4 heteroatoms. The Hall–Kier alpha value is 0.0400. The molecule has 0 unspecified atom stereocenters. The lowest BCUT2D eigenvalue weighted by atomic mass is 10.1. The summed E-state index contributed by atoms with van der Waals surface area (Å²) in [6.45, 7) is 0. The summed E-state index contributed by atoms with van der Waals surface area (Å²) in [5, 5.41) is 0. The first-order valence-corrected chi connectivity index (χ1v) is 8.19. The van der Waals surface area contributed by atoms with Crippen LogP contribution in [-0.4, -0.2) is 22.1 Å². The van der Waals surface area contributed by atoms with Gasteiger partial charge < -0.3 is 9.59 Å². The van der Waals surface area contributed by atoms with Gasteiger partial charge in [0, 0.05) is 0 Å². The fourth-order valence-electron chi connectivity index (χ4n) is 2.55. The average Bonchev–Trinajstić information content (AvgIpc) is 2.97. The minimum atomic E-state index is -0.191. The summed E-state index contributed by atoms with van der Waals surface area (Å²) >= 11 is 0. The monoisotopic (exact) mass is 258 g/mol. The summed E-state index contributed by atoms with van der Waals surface area (Å²) in [7, 11) is 3.34. The Balaban J connectivity index is 1.94. The van der Waals surface area contributed by atoms with E-state index in [1.165, 1.54) is 0 Å². The van der Waals surface area contributed by atoms with Gasteiger partial charge in [0.25, 0.3) is 0 Å². The molecule has 0 aromatic rings. The molecule has 0 N–H and O–H groups in total. The van der Waals surface area contributed by atoms with E-state index in [4.69, 9.17) is 0 Å². The summed E-state index contributed by atoms with van der Waals surface area (Å²) < 4.78 is -0.382. The molecule has 0 spiro atoms. The highest BCUT2D eigenvalue weighted by atomic mass is 33.1. The summed E-state index contributed by atoms with van der Waals surface area (Å²) in [4.78, 5) is 22.4. The first-order valence-electron chi connectivity index (χ1n) is 6.04. The van der Waals surface area contributed by atoms with Gasteiger partial charge in [-0.3, -0.25) is 0 Å². The standard InChI is InChI=1S/C12H18O2S2/c13-9-11(5-1-2-6-11)15-16-12(10-14)7-3-4-8-12/h9-10H,1-8H2. The van der Waals surface area contributed by atoms with E-state index in [-0.39, 0.29) is 9.49 Å². The molecule has 2 rings (SSSR count). The van der Waals surface area contributed by atoms with Gasteiger partial charge in [0.05, 0.1) is 9.49 Å². The molecule has 0 radical (unpaired) electrons. The van der Waals surface area contributed by atoms with Gasteiger partial charge in [0.2, 0.25) is 0 Å². The quantitative estimate of drug-likeness (QED) is 0.559. The van der Waals surface area contributed by atoms with E-state index in [2.05, 4.69) is 0 Å². The summed E-state index contributed by atoms with van der Waals surface area (Å²) in [5.41, 5.74) is 0. The van der Waals surface area contributed by atoms with Crippen LogP contribution in [0.2, 0.25) is 0 Å². The van der Waals surface area contributed by atoms with Crippen molar-refractivity contribution in [1.82, 2.24) is 0 Å². The van der Waals surface area contributed by atoms with Crippen LogP contribution in [0.5, 0.6) is 0 Å². The van der Waals surface area contributed by atoms with E-state index in [1.54, 1.807) is 21.6 Å². The summed E-state index contributed by atoms with van der Waals surface area (Å²) in [5.74, 6) is 0. The fourth-order valence-corrected chi connectivity index (χ4v) is 6.11. The third-order valence-corrected chi connectivity index (χ3v) is 7.70. The van der Waals surface area contributed by atoms with Crippen LogP contribution in [0.25, 0.3) is 0 Å². The lowest BCUT2D eigenvalue weighted by molar-refractivity contribution is -0.110. The zero-order chi connectivity index (χ0) is 11.5. The molecule has 0 heterocycles. The van der Waals surface area contributed by atoms with Crippen molar-refractivity contribution in [3.8, 4) is 0 Å². The number of rotatable bonds is 5. The minimum Gasteiger partial charge on any atom is -0.302 e. The Morgan fingerprint density at radius 3 is 1.25 bits per heavy atom. The molecular weight excluding hydrogens is 240 g/mol. The second-order valence-corrected chi connectivity index (χ2v) is 7.91. The Morgan fingerprint density at radius 2 is 1.00 bits per heavy atom. The maximum atomic E-state index is 11.2. The van der Waals surface area contributed by atoms with Crippen molar-refractivity contribution in [2.75, 3.05) is 0 Å². The van der Waals surface area contributed by atoms with Gasteiger partial charge in [-0.2, -0.15) is 0 Å². The predicted octanol–water partition coefficient (Wildman–Crippen LogP) is 3.39. The van der Waals surface area contributed by atoms with Crippen molar-refractivity contribution in [2.24, 2.45) is 0 Å². The molecule has 0 saturated heterocycles. The Morgan fingerprint density at radius 1 is 0.688 bits per heavy atom. The molecule has 0 atom stereocenters. The largest absolute Gasteiger partial charge is 0.302 e. The van der Waals surface area contributed by atoms with Crippen molar-refractivity contribution in [3.63, 3.8) is 0 Å². The average molecular weight is 258 g/mol. The van der Waals surface area contributed by atoms with Crippen LogP contribution in [0.4, 0.5) is 0 Å². The zero-order valence-corrected chi connectivity index (χ0v) is 11.1. The van der Waals surface area contributed by atoms with Crippen LogP contribution in [0.1, 0.15) is 51.4 Å². The number of hydrogen-bond donors (Lipinski definition) is 0. The van der Waals surface area contributed by atoms with Crippen molar-refractivity contribution >= 4 is 34.2 Å². The molecule has 0 bridgehead atoms. The number of hydrogen-bond acceptors (Lipinski definition) is 4. The van der Waals surface area contributed by atoms with Gasteiger partial charge in [-0.1, -0.05) is 47.3 Å². The van der Waals surface area contributed by atoms with Crippen LogP contribution in [-0.2, 0) is 9.59 Å². The van der Waals surface area contributed by atoms with Gasteiger partial charge in [-0.25, -0.2) is 0 Å². The number of carbonyl (C=O) groups is 2. The normalized spacial score (nSPS) is 26.8. The summed E-state index contributed by atoms with van der Waals surface area (Å²) in [6.07, 6.45) is 10.8. The first-order chi connectivity index (χ1) is 7.74. The SMILES string of the molecule is O=CC1(SSC2(C=O)CCCC2)CCCC1. The van der Waals surface area contributed by atoms with Crippen molar-refractivity contribution < 1.29 is 9.59 Å². The smallest absolute Gasteiger partial charge is 0.136 e. The maximum Gasteiger partial charge on any atom is 0.136 e. The highest BCUT2D eigenvalue weighted by Crippen LogP contribution is 2.53. The van der Waals surface area contributed by atoms with Crippen LogP contribution in [0, 0.1) is 0 Å². The van der Waals surface area contributed by atoms with E-state index in [1.807, 2.05) is 0 Å². The van der Waals surface area contributed by atoms with Crippen molar-refractivity contribution in [3.05, 3.63) is 0 Å². The number of carbonyl (C=O) groups excluding carboxylic acids is 2. The zero-order valence-electron chi connectivity index (χ0n) is 9.44. The molecule has 2 saturated carbocycles. The van der Waals surface area contributed by atoms with Crippen molar-refractivity contribution in [1.29, 1.82) is 0 Å². The van der Waals surface area contributed by atoms with E-state index in [0.29, 0.717) is 0 Å². The Kier molecular flexibility index (Phi) is 4.01. The summed E-state index contributed by atoms with van der Waals surface area (Å²) in [6, 6.07) is 0. The second kappa shape index (κ2) is 5.13. The van der Waals surface area contributed by atoms with Crippen LogP contribution < -0.4 is 0 Å². The van der Waals surface area contributed by atoms with E-state index >= 15 is 0 Å². The van der Waals surface area contributed by atoms with Crippen molar-refractivity contribution in [2.45, 2.75) is 60.9 Å². The van der Waals surface area contributed by atoms with E-state index in [0.717, 1.165) is 63.9 Å². The van der Waals surface area contributed by atoms with Gasteiger partial charge in [0.15, 0.2) is 0 Å². The Bertz CT molecular complexity index is 238. The maximum absolute atomic E-state index is 11.2. The molecule has 16 heavy (non-hydrogen) atoms. The molecule has 0 aromatic carbocycles. The molecule has 2 aliphatic carbocycles. The van der Waals surface area contributed by atoms with Crippen LogP contribution in [0.15, 0.2) is 0 Å². The van der Waals surface area contributed by atoms with E-state index < -0.39 is 0 Å². The number of aldehydes is 2. The fraction of sp³-hybridized carbons (Fsp3) is 0.833. The van der Waals surface area contributed by atoms with Gasteiger partial charge >= 0.3 is 0 Å². The molecule has 2 nitrogen and oxygen atoms in total. The minimum absolute atomic E-state index is 0.191. The van der Waals surface area contributed by atoms with Crippen LogP contribution >= 0.6 is 21.6 Å². The second-order valence-electron chi connectivity index (χ2n) is 4.95. The van der Waals surface area contributed by atoms with Gasteiger partial charge in [-0.05, 0) is 25.7 Å². The third-order valence-electron chi connectivity index (χ3n) is 3.70. The van der Waals surface area contributed by atoms with Gasteiger partial charge in [0.1, 0.15) is 12.6 Å². The molecule has 90 valence electrons. The molecule has 2 aliphatic rings. The highest BCUT2D eigenvalue weighted by molar-refractivity contribution is 8.78. The highest BCUT2D eigenvalue weighted by Gasteiger charge is 2.41. The first kappa shape index (κ1) is 12.5. The van der Waals surface area contributed by atoms with Gasteiger partial charge in [-0.15, -0.1) is 0 Å². The molecule has 0 amide bonds. The molecule has 0 aliphatic heterocycles. The topological polar surface area (TPSA) is 34.1 Å². The van der Waals surface area contributed by atoms with E-state index in [9.17, 15) is 9.59 Å². The third kappa shape index (κ3) is 2.48. The van der Waals surface area contributed by atoms with Crippen LogP contribution in [0.3, 0.4) is 0 Å². The molecule has 2 fully saturated rings. The molecule has 0 aromatic heterocycles. The lowest BCUT2D eigenvalue weighted by Gasteiger charge is -2.26. The molecular formula is C12H18O2S2. The predicted molar refractivity (Wildman–Crippen MR) is 69.7 cm³/mol. The Labute approximate surface area is 105 Å². The lowest BCUT2D eigenvalue weighted by Crippen LogP contribution is -2.25.